The molecular weight excluding hydrogens is 298 g/mol. The molecule has 1 amide bonds. The zero-order chi connectivity index (χ0) is 13.9. The number of carbonyl (C=O) groups is 1. The van der Waals surface area contributed by atoms with Crippen LogP contribution in [0, 0.1) is 0 Å². The van der Waals surface area contributed by atoms with Crippen LogP contribution >= 0.6 is 23.1 Å². The lowest BCUT2D eigenvalue weighted by Crippen LogP contribution is -2.41. The summed E-state index contributed by atoms with van der Waals surface area (Å²) in [7, 11) is 0. The van der Waals surface area contributed by atoms with E-state index in [9.17, 15) is 9.59 Å². The van der Waals surface area contributed by atoms with Crippen molar-refractivity contribution in [3.8, 4) is 0 Å². The maximum absolute atomic E-state index is 12.0. The van der Waals surface area contributed by atoms with E-state index >= 15 is 0 Å². The topological polar surface area (TPSA) is 75.3 Å². The first kappa shape index (κ1) is 13.6. The van der Waals surface area contributed by atoms with Crippen molar-refractivity contribution in [3.05, 3.63) is 21.8 Å². The van der Waals surface area contributed by atoms with Gasteiger partial charge in [-0.2, -0.15) is 0 Å². The summed E-state index contributed by atoms with van der Waals surface area (Å²) in [6, 6.07) is 1.75. The van der Waals surface area contributed by atoms with Gasteiger partial charge in [-0.15, -0.1) is 11.3 Å². The molecule has 0 atom stereocenters. The number of carbonyl (C=O) groups excluding carboxylic acids is 1. The van der Waals surface area contributed by atoms with Crippen molar-refractivity contribution in [1.82, 2.24) is 14.9 Å². The zero-order valence-corrected chi connectivity index (χ0v) is 12.3. The molecule has 20 heavy (non-hydrogen) atoms. The molecule has 0 spiro atoms. The second kappa shape index (κ2) is 5.94. The van der Waals surface area contributed by atoms with Crippen molar-refractivity contribution in [2.24, 2.45) is 0 Å². The van der Waals surface area contributed by atoms with E-state index in [0.29, 0.717) is 41.7 Å². The Hall–Kier alpha value is -1.38. The van der Waals surface area contributed by atoms with Crippen LogP contribution in [0.4, 0.5) is 0 Å². The highest BCUT2D eigenvalue weighted by Crippen LogP contribution is 2.19. The zero-order valence-electron chi connectivity index (χ0n) is 10.6. The van der Waals surface area contributed by atoms with Crippen LogP contribution in [0.2, 0.25) is 0 Å². The second-order valence-corrected chi connectivity index (χ2v) is 6.15. The molecule has 8 heteroatoms. The van der Waals surface area contributed by atoms with Crippen molar-refractivity contribution in [2.75, 3.05) is 32.1 Å². The lowest BCUT2D eigenvalue weighted by molar-refractivity contribution is -0.132. The third kappa shape index (κ3) is 2.87. The number of aromatic nitrogens is 2. The van der Waals surface area contributed by atoms with Crippen LogP contribution < -0.4 is 5.56 Å². The standard InChI is InChI=1S/C12H13N3O3S2/c16-9(15-2-4-18-5-3-15)7-20-12-13-10(17)8-1-6-19-11(8)14-12/h1,6H,2-5,7H2,(H,13,14,17). The molecule has 1 fully saturated rings. The van der Waals surface area contributed by atoms with Crippen LogP contribution in [0.5, 0.6) is 0 Å². The third-order valence-corrected chi connectivity index (χ3v) is 4.67. The molecule has 0 aromatic carbocycles. The van der Waals surface area contributed by atoms with Gasteiger partial charge < -0.3 is 14.6 Å². The maximum Gasteiger partial charge on any atom is 0.260 e. The van der Waals surface area contributed by atoms with Crippen LogP contribution in [-0.2, 0) is 9.53 Å². The van der Waals surface area contributed by atoms with E-state index in [1.807, 2.05) is 5.38 Å². The average molecular weight is 311 g/mol. The highest BCUT2D eigenvalue weighted by molar-refractivity contribution is 7.99. The molecule has 2 aromatic heterocycles. The van der Waals surface area contributed by atoms with Gasteiger partial charge in [0.05, 0.1) is 24.4 Å². The Morgan fingerprint density at radius 1 is 1.50 bits per heavy atom. The van der Waals surface area contributed by atoms with Gasteiger partial charge in [-0.25, -0.2) is 4.98 Å². The third-order valence-electron chi connectivity index (χ3n) is 3.01. The van der Waals surface area contributed by atoms with Crippen molar-refractivity contribution < 1.29 is 9.53 Å². The molecule has 1 saturated heterocycles. The first-order valence-electron chi connectivity index (χ1n) is 6.20. The van der Waals surface area contributed by atoms with E-state index in [0.717, 1.165) is 0 Å². The molecule has 3 heterocycles. The Morgan fingerprint density at radius 2 is 2.30 bits per heavy atom. The van der Waals surface area contributed by atoms with Crippen LogP contribution in [0.1, 0.15) is 0 Å². The van der Waals surface area contributed by atoms with E-state index in [1.165, 1.54) is 23.1 Å². The highest BCUT2D eigenvalue weighted by Gasteiger charge is 2.17. The number of thiophene rings is 1. The molecule has 3 rings (SSSR count). The summed E-state index contributed by atoms with van der Waals surface area (Å²) in [6.45, 7) is 2.44. The van der Waals surface area contributed by atoms with E-state index in [4.69, 9.17) is 4.74 Å². The Labute approximate surface area is 123 Å². The lowest BCUT2D eigenvalue weighted by atomic mass is 10.4. The number of fused-ring (bicyclic) bond motifs is 1. The first-order chi connectivity index (χ1) is 9.74. The molecule has 0 aliphatic carbocycles. The predicted octanol–water partition coefficient (Wildman–Crippen LogP) is 0.935. The summed E-state index contributed by atoms with van der Waals surface area (Å²) in [5.41, 5.74) is -0.155. The summed E-state index contributed by atoms with van der Waals surface area (Å²) in [5.74, 6) is 0.326. The van der Waals surface area contributed by atoms with Gasteiger partial charge in [0, 0.05) is 13.1 Å². The largest absolute Gasteiger partial charge is 0.378 e. The summed E-state index contributed by atoms with van der Waals surface area (Å²) in [4.78, 5) is 33.3. The smallest absolute Gasteiger partial charge is 0.260 e. The maximum atomic E-state index is 12.0. The Morgan fingerprint density at radius 3 is 3.10 bits per heavy atom. The second-order valence-electron chi connectivity index (χ2n) is 4.29. The molecule has 1 aliphatic heterocycles. The van der Waals surface area contributed by atoms with Gasteiger partial charge >= 0.3 is 0 Å². The summed E-state index contributed by atoms with van der Waals surface area (Å²) < 4.78 is 5.21. The molecule has 6 nitrogen and oxygen atoms in total. The minimum absolute atomic E-state index is 0.0484. The van der Waals surface area contributed by atoms with Gasteiger partial charge in [0.15, 0.2) is 5.16 Å². The van der Waals surface area contributed by atoms with Crippen LogP contribution in [0.15, 0.2) is 21.4 Å². The predicted molar refractivity (Wildman–Crippen MR) is 78.4 cm³/mol. The summed E-state index contributed by atoms with van der Waals surface area (Å²) in [6.07, 6.45) is 0. The van der Waals surface area contributed by atoms with Gasteiger partial charge in [-0.3, -0.25) is 9.59 Å². The fourth-order valence-electron chi connectivity index (χ4n) is 1.95. The normalized spacial score (nSPS) is 15.7. The van der Waals surface area contributed by atoms with Crippen LogP contribution in [-0.4, -0.2) is 52.8 Å². The Kier molecular flexibility index (Phi) is 4.04. The molecule has 0 bridgehead atoms. The number of morpholine rings is 1. The van der Waals surface area contributed by atoms with E-state index in [2.05, 4.69) is 9.97 Å². The van der Waals surface area contributed by atoms with Gasteiger partial charge in [-0.05, 0) is 11.4 Å². The van der Waals surface area contributed by atoms with Crippen molar-refractivity contribution in [3.63, 3.8) is 0 Å². The van der Waals surface area contributed by atoms with E-state index in [1.54, 1.807) is 11.0 Å². The first-order valence-corrected chi connectivity index (χ1v) is 8.06. The molecule has 0 saturated carbocycles. The van der Waals surface area contributed by atoms with Crippen molar-refractivity contribution in [1.29, 1.82) is 0 Å². The number of ether oxygens (including phenoxy) is 1. The average Bonchev–Trinajstić information content (AvgIpc) is 2.94. The lowest BCUT2D eigenvalue weighted by Gasteiger charge is -2.26. The molecule has 1 aliphatic rings. The molecule has 2 aromatic rings. The number of aromatic amines is 1. The fourth-order valence-corrected chi connectivity index (χ4v) is 3.53. The Balaban J connectivity index is 1.67. The summed E-state index contributed by atoms with van der Waals surface area (Å²) in [5, 5.41) is 2.92. The van der Waals surface area contributed by atoms with Crippen molar-refractivity contribution >= 4 is 39.2 Å². The number of nitrogens with one attached hydrogen (secondary N) is 1. The van der Waals surface area contributed by atoms with Crippen molar-refractivity contribution in [2.45, 2.75) is 5.16 Å². The number of H-pyrrole nitrogens is 1. The van der Waals surface area contributed by atoms with Gasteiger partial charge in [0.25, 0.3) is 5.56 Å². The quantitative estimate of drug-likeness (QED) is 0.674. The highest BCUT2D eigenvalue weighted by atomic mass is 32.2. The SMILES string of the molecule is O=C(CSc1nc2sccc2c(=O)[nH]1)N1CCOCC1. The van der Waals surface area contributed by atoms with Gasteiger partial charge in [0.1, 0.15) is 4.83 Å². The van der Waals surface area contributed by atoms with E-state index in [-0.39, 0.29) is 17.2 Å². The minimum atomic E-state index is -0.155. The molecule has 1 N–H and O–H groups in total. The monoisotopic (exact) mass is 311 g/mol. The van der Waals surface area contributed by atoms with E-state index < -0.39 is 0 Å². The molecule has 0 unspecified atom stereocenters. The number of hydrogen-bond donors (Lipinski definition) is 1. The molecule has 0 radical (unpaired) electrons. The van der Waals surface area contributed by atoms with Crippen LogP contribution in [0.3, 0.4) is 0 Å². The number of hydrogen-bond acceptors (Lipinski definition) is 6. The van der Waals surface area contributed by atoms with Gasteiger partial charge in [0.2, 0.25) is 5.91 Å². The van der Waals surface area contributed by atoms with Crippen LogP contribution in [0.25, 0.3) is 10.2 Å². The number of rotatable bonds is 3. The Bertz CT molecular complexity index is 676. The number of amides is 1. The number of nitrogens with zero attached hydrogens (tertiary/aromatic N) is 2. The summed E-state index contributed by atoms with van der Waals surface area (Å²) >= 11 is 2.68. The fraction of sp³-hybridized carbons (Fsp3) is 0.417. The van der Waals surface area contributed by atoms with Gasteiger partial charge in [-0.1, -0.05) is 11.8 Å². The minimum Gasteiger partial charge on any atom is -0.378 e. The number of thioether (sulfide) groups is 1. The molecule has 106 valence electrons. The molecular formula is C12H13N3O3S2.